The predicted octanol–water partition coefficient (Wildman–Crippen LogP) is 4.72. The van der Waals surface area contributed by atoms with E-state index in [0.717, 1.165) is 29.7 Å². The minimum absolute atomic E-state index is 0.0363. The molecule has 114 valence electrons. The second-order valence-corrected chi connectivity index (χ2v) is 6.26. The maximum atomic E-state index is 6.40. The lowest BCUT2D eigenvalue weighted by Gasteiger charge is -2.22. The van der Waals surface area contributed by atoms with Crippen molar-refractivity contribution in [3.8, 4) is 0 Å². The summed E-state index contributed by atoms with van der Waals surface area (Å²) in [5.74, 6) is 0. The van der Waals surface area contributed by atoms with E-state index in [9.17, 15) is 0 Å². The number of benzene rings is 1. The molecule has 1 aromatic carbocycles. The fourth-order valence-corrected chi connectivity index (χ4v) is 3.19. The minimum Gasteiger partial charge on any atom is -0.305 e. The van der Waals surface area contributed by atoms with Gasteiger partial charge in [0.2, 0.25) is 0 Å². The van der Waals surface area contributed by atoms with Gasteiger partial charge in [0.05, 0.1) is 23.0 Å². The van der Waals surface area contributed by atoms with Crippen molar-refractivity contribution in [3.63, 3.8) is 0 Å². The Balaban J connectivity index is 2.52. The van der Waals surface area contributed by atoms with Crippen LogP contribution in [0.4, 0.5) is 0 Å². The molecule has 3 nitrogen and oxygen atoms in total. The van der Waals surface area contributed by atoms with E-state index in [1.54, 1.807) is 6.20 Å². The average Bonchev–Trinajstić information content (AvgIpc) is 2.85. The van der Waals surface area contributed by atoms with Crippen molar-refractivity contribution in [1.82, 2.24) is 15.1 Å². The zero-order chi connectivity index (χ0) is 15.4. The number of aryl methyl sites for hydroxylation is 2. The molecule has 0 radical (unpaired) electrons. The lowest BCUT2D eigenvalue weighted by atomic mass is 10.0. The first kappa shape index (κ1) is 16.5. The third kappa shape index (κ3) is 3.50. The molecule has 0 fully saturated rings. The van der Waals surface area contributed by atoms with Crippen molar-refractivity contribution in [3.05, 3.63) is 50.7 Å². The molecule has 0 aliphatic heterocycles. The van der Waals surface area contributed by atoms with Gasteiger partial charge in [0.1, 0.15) is 0 Å². The maximum Gasteiger partial charge on any atom is 0.0837 e. The second kappa shape index (κ2) is 7.43. The van der Waals surface area contributed by atoms with E-state index in [1.807, 2.05) is 4.68 Å². The highest BCUT2D eigenvalue weighted by molar-refractivity contribution is 9.10. The Morgan fingerprint density at radius 3 is 2.81 bits per heavy atom. The Morgan fingerprint density at radius 2 is 2.14 bits per heavy atom. The van der Waals surface area contributed by atoms with Crippen LogP contribution in [0.25, 0.3) is 0 Å². The molecule has 0 saturated heterocycles. The van der Waals surface area contributed by atoms with E-state index in [2.05, 4.69) is 65.3 Å². The van der Waals surface area contributed by atoms with Crippen molar-refractivity contribution in [2.45, 2.75) is 39.8 Å². The van der Waals surface area contributed by atoms with Crippen LogP contribution in [0.3, 0.4) is 0 Å². The number of aromatic nitrogens is 2. The van der Waals surface area contributed by atoms with Crippen molar-refractivity contribution < 1.29 is 0 Å². The molecule has 1 atom stereocenters. The molecule has 0 bridgehead atoms. The Labute approximate surface area is 139 Å². The standard InChI is InChI=1S/C16H21BrClN3/c1-4-9-19-15(12-8-6-7-11(3)14(12)17)16-13(18)10-20-21(16)5-2/h6-8,10,15,19H,4-5,9H2,1-3H3. The Kier molecular flexibility index (Phi) is 5.85. The first-order valence-electron chi connectivity index (χ1n) is 7.29. The van der Waals surface area contributed by atoms with Crippen LogP contribution in [0.15, 0.2) is 28.9 Å². The third-order valence-corrected chi connectivity index (χ3v) is 4.91. The van der Waals surface area contributed by atoms with Crippen molar-refractivity contribution in [1.29, 1.82) is 0 Å². The van der Waals surface area contributed by atoms with Gasteiger partial charge < -0.3 is 5.32 Å². The fraction of sp³-hybridized carbons (Fsp3) is 0.438. The molecular weight excluding hydrogens is 350 g/mol. The molecule has 1 aromatic heterocycles. The number of rotatable bonds is 6. The molecular formula is C16H21BrClN3. The predicted molar refractivity (Wildman–Crippen MR) is 91.9 cm³/mol. The summed E-state index contributed by atoms with van der Waals surface area (Å²) in [5.41, 5.74) is 3.44. The van der Waals surface area contributed by atoms with Crippen molar-refractivity contribution in [2.75, 3.05) is 6.54 Å². The van der Waals surface area contributed by atoms with Crippen molar-refractivity contribution in [2.24, 2.45) is 0 Å². The van der Waals surface area contributed by atoms with Crippen LogP contribution in [-0.4, -0.2) is 16.3 Å². The lowest BCUT2D eigenvalue weighted by molar-refractivity contribution is 0.528. The number of nitrogens with zero attached hydrogens (tertiary/aromatic N) is 2. The van der Waals surface area contributed by atoms with Crippen LogP contribution in [0.1, 0.15) is 43.1 Å². The van der Waals surface area contributed by atoms with E-state index < -0.39 is 0 Å². The molecule has 0 aliphatic carbocycles. The van der Waals surface area contributed by atoms with Crippen molar-refractivity contribution >= 4 is 27.5 Å². The highest BCUT2D eigenvalue weighted by Gasteiger charge is 2.23. The second-order valence-electron chi connectivity index (χ2n) is 5.06. The Bertz CT molecular complexity index is 610. The SMILES string of the molecule is CCCNC(c1cccc(C)c1Br)c1c(Cl)cnn1CC. The summed E-state index contributed by atoms with van der Waals surface area (Å²) in [6.45, 7) is 8.07. The zero-order valence-corrected chi connectivity index (χ0v) is 15.0. The van der Waals surface area contributed by atoms with E-state index in [0.29, 0.717) is 5.02 Å². The molecule has 1 heterocycles. The zero-order valence-electron chi connectivity index (χ0n) is 12.7. The first-order valence-corrected chi connectivity index (χ1v) is 8.46. The molecule has 5 heteroatoms. The molecule has 0 spiro atoms. The van der Waals surface area contributed by atoms with Crippen LogP contribution in [0.2, 0.25) is 5.02 Å². The number of hydrogen-bond donors (Lipinski definition) is 1. The molecule has 0 saturated carbocycles. The van der Waals surface area contributed by atoms with Gasteiger partial charge in [-0.3, -0.25) is 4.68 Å². The van der Waals surface area contributed by atoms with Crippen LogP contribution < -0.4 is 5.32 Å². The number of hydrogen-bond acceptors (Lipinski definition) is 2. The number of halogens is 2. The topological polar surface area (TPSA) is 29.9 Å². The van der Waals surface area contributed by atoms with Gasteiger partial charge in [-0.1, -0.05) is 52.7 Å². The van der Waals surface area contributed by atoms with Gasteiger partial charge in [-0.05, 0) is 37.9 Å². The van der Waals surface area contributed by atoms with Gasteiger partial charge in [-0.15, -0.1) is 0 Å². The van der Waals surface area contributed by atoms with Crippen LogP contribution >= 0.6 is 27.5 Å². The smallest absolute Gasteiger partial charge is 0.0837 e. The summed E-state index contributed by atoms with van der Waals surface area (Å²) in [7, 11) is 0. The summed E-state index contributed by atoms with van der Waals surface area (Å²) < 4.78 is 3.09. The maximum absolute atomic E-state index is 6.40. The summed E-state index contributed by atoms with van der Waals surface area (Å²) in [4.78, 5) is 0. The lowest BCUT2D eigenvalue weighted by Crippen LogP contribution is -2.26. The molecule has 21 heavy (non-hydrogen) atoms. The summed E-state index contributed by atoms with van der Waals surface area (Å²) >= 11 is 10.1. The monoisotopic (exact) mass is 369 g/mol. The van der Waals surface area contributed by atoms with Gasteiger partial charge in [-0.25, -0.2) is 0 Å². The molecule has 0 amide bonds. The van der Waals surface area contributed by atoms with Gasteiger partial charge in [0, 0.05) is 11.0 Å². The third-order valence-electron chi connectivity index (χ3n) is 3.54. The fourth-order valence-electron chi connectivity index (χ4n) is 2.45. The highest BCUT2D eigenvalue weighted by atomic mass is 79.9. The summed E-state index contributed by atoms with van der Waals surface area (Å²) in [6, 6.07) is 6.35. The molecule has 0 aliphatic rings. The average molecular weight is 371 g/mol. The largest absolute Gasteiger partial charge is 0.305 e. The van der Waals surface area contributed by atoms with Gasteiger partial charge >= 0.3 is 0 Å². The Morgan fingerprint density at radius 1 is 1.38 bits per heavy atom. The van der Waals surface area contributed by atoms with Crippen LogP contribution in [0, 0.1) is 6.92 Å². The quantitative estimate of drug-likeness (QED) is 0.797. The van der Waals surface area contributed by atoms with E-state index in [-0.39, 0.29) is 6.04 Å². The van der Waals surface area contributed by atoms with E-state index in [4.69, 9.17) is 11.6 Å². The van der Waals surface area contributed by atoms with Gasteiger partial charge in [0.25, 0.3) is 0 Å². The normalized spacial score (nSPS) is 12.6. The van der Waals surface area contributed by atoms with Gasteiger partial charge in [-0.2, -0.15) is 5.10 Å². The molecule has 1 unspecified atom stereocenters. The first-order chi connectivity index (χ1) is 10.1. The Hall–Kier alpha value is -0.840. The summed E-state index contributed by atoms with van der Waals surface area (Å²) in [5, 5.41) is 8.67. The van der Waals surface area contributed by atoms with Crippen LogP contribution in [0.5, 0.6) is 0 Å². The highest BCUT2D eigenvalue weighted by Crippen LogP contribution is 2.34. The minimum atomic E-state index is 0.0363. The van der Waals surface area contributed by atoms with Crippen LogP contribution in [-0.2, 0) is 6.54 Å². The molecule has 2 rings (SSSR count). The number of nitrogens with one attached hydrogen (secondary N) is 1. The van der Waals surface area contributed by atoms with E-state index >= 15 is 0 Å². The van der Waals surface area contributed by atoms with E-state index in [1.165, 1.54) is 11.1 Å². The summed E-state index contributed by atoms with van der Waals surface area (Å²) in [6.07, 6.45) is 2.79. The molecule has 1 N–H and O–H groups in total. The molecule has 2 aromatic rings. The van der Waals surface area contributed by atoms with Gasteiger partial charge in [0.15, 0.2) is 0 Å².